The van der Waals surface area contributed by atoms with Crippen LogP contribution in [0.4, 0.5) is 23.7 Å². The number of morpholine rings is 1. The van der Waals surface area contributed by atoms with Gasteiger partial charge in [-0.1, -0.05) is 12.1 Å². The van der Waals surface area contributed by atoms with Gasteiger partial charge in [0.2, 0.25) is 5.82 Å². The van der Waals surface area contributed by atoms with Gasteiger partial charge in [0.25, 0.3) is 11.8 Å². The third-order valence-electron chi connectivity index (χ3n) is 7.02. The van der Waals surface area contributed by atoms with E-state index in [9.17, 15) is 18.0 Å². The standard InChI is InChI=1S/C26H31F3N4O4/c1-17(31-25(34)32-10-12-35-13-11-32)18-2-4-20(5-3-18)37-21-7-9-33(15-21)22-6-8-30-24(23(22)27)36-16-19-14-26(19,28)29/h2-6,8,17,19,21H,7,9-16H2,1H3,(H,31,34)/t17-,19?,21?/m0/s1. The van der Waals surface area contributed by atoms with Crippen LogP contribution in [0.25, 0.3) is 0 Å². The summed E-state index contributed by atoms with van der Waals surface area (Å²) in [6.07, 6.45) is 1.74. The maximum Gasteiger partial charge on any atom is 0.318 e. The van der Waals surface area contributed by atoms with E-state index < -0.39 is 17.7 Å². The number of benzene rings is 1. The minimum absolute atomic E-state index is 0.107. The number of carbonyl (C=O) groups is 1. The van der Waals surface area contributed by atoms with Crippen molar-refractivity contribution in [3.8, 4) is 11.6 Å². The maximum atomic E-state index is 15.0. The lowest BCUT2D eigenvalue weighted by molar-refractivity contribution is 0.0526. The fraction of sp³-hybridized carbons (Fsp3) is 0.538. The first-order valence-corrected chi connectivity index (χ1v) is 12.6. The molecule has 1 aliphatic carbocycles. The first-order chi connectivity index (χ1) is 17.8. The highest BCUT2D eigenvalue weighted by atomic mass is 19.3. The molecular formula is C26H31F3N4O4. The molecule has 2 saturated heterocycles. The van der Waals surface area contributed by atoms with Crippen LogP contribution in [0.2, 0.25) is 0 Å². The van der Waals surface area contributed by atoms with E-state index in [1.165, 1.54) is 6.20 Å². The monoisotopic (exact) mass is 520 g/mol. The third-order valence-corrected chi connectivity index (χ3v) is 7.02. The van der Waals surface area contributed by atoms with Crippen LogP contribution < -0.4 is 19.7 Å². The number of nitrogens with one attached hydrogen (secondary N) is 1. The number of nitrogens with zero attached hydrogens (tertiary/aromatic N) is 3. The lowest BCUT2D eigenvalue weighted by atomic mass is 10.1. The molecule has 5 rings (SSSR count). The van der Waals surface area contributed by atoms with Crippen molar-refractivity contribution in [3.05, 3.63) is 47.9 Å². The smallest absolute Gasteiger partial charge is 0.318 e. The minimum Gasteiger partial charge on any atom is -0.489 e. The van der Waals surface area contributed by atoms with Gasteiger partial charge < -0.3 is 29.3 Å². The summed E-state index contributed by atoms with van der Waals surface area (Å²) in [5.74, 6) is -3.82. The van der Waals surface area contributed by atoms with Crippen LogP contribution in [0.1, 0.15) is 31.4 Å². The lowest BCUT2D eigenvalue weighted by Crippen LogP contribution is -2.46. The molecule has 1 aromatic heterocycles. The summed E-state index contributed by atoms with van der Waals surface area (Å²) >= 11 is 0. The first-order valence-electron chi connectivity index (χ1n) is 12.6. The van der Waals surface area contributed by atoms with Gasteiger partial charge in [0.15, 0.2) is 0 Å². The predicted octanol–water partition coefficient (Wildman–Crippen LogP) is 4.02. The molecule has 2 aromatic rings. The van der Waals surface area contributed by atoms with Gasteiger partial charge >= 0.3 is 6.03 Å². The zero-order valence-electron chi connectivity index (χ0n) is 20.7. The summed E-state index contributed by atoms with van der Waals surface area (Å²) < 4.78 is 57.8. The van der Waals surface area contributed by atoms with Gasteiger partial charge in [-0.25, -0.2) is 18.6 Å². The van der Waals surface area contributed by atoms with Crippen molar-refractivity contribution in [3.63, 3.8) is 0 Å². The zero-order chi connectivity index (χ0) is 26.0. The molecule has 3 heterocycles. The molecule has 200 valence electrons. The average Bonchev–Trinajstić information content (AvgIpc) is 3.27. The predicted molar refractivity (Wildman–Crippen MR) is 130 cm³/mol. The second-order valence-electron chi connectivity index (χ2n) is 9.74. The molecule has 8 nitrogen and oxygen atoms in total. The summed E-state index contributed by atoms with van der Waals surface area (Å²) in [5, 5.41) is 3.01. The number of pyridine rings is 1. The Morgan fingerprint density at radius 3 is 2.65 bits per heavy atom. The molecule has 0 bridgehead atoms. The highest BCUT2D eigenvalue weighted by Crippen LogP contribution is 2.48. The third kappa shape index (κ3) is 6.03. The van der Waals surface area contributed by atoms with Crippen molar-refractivity contribution >= 4 is 11.7 Å². The van der Waals surface area contributed by atoms with Gasteiger partial charge in [-0.05, 0) is 30.7 Å². The molecule has 0 spiro atoms. The van der Waals surface area contributed by atoms with E-state index in [4.69, 9.17) is 14.2 Å². The van der Waals surface area contributed by atoms with Crippen molar-refractivity contribution in [2.75, 3.05) is 50.9 Å². The highest BCUT2D eigenvalue weighted by Gasteiger charge is 2.57. The van der Waals surface area contributed by atoms with E-state index in [2.05, 4.69) is 10.3 Å². The Bertz CT molecular complexity index is 1100. The van der Waals surface area contributed by atoms with E-state index in [0.717, 1.165) is 5.56 Å². The normalized spacial score (nSPS) is 23.5. The van der Waals surface area contributed by atoms with E-state index in [-0.39, 0.29) is 37.1 Å². The number of aromatic nitrogens is 1. The van der Waals surface area contributed by atoms with Crippen molar-refractivity contribution in [1.82, 2.24) is 15.2 Å². The molecule has 3 aliphatic rings. The van der Waals surface area contributed by atoms with E-state index in [1.807, 2.05) is 36.1 Å². The number of rotatable bonds is 8. The fourth-order valence-electron chi connectivity index (χ4n) is 4.59. The fourth-order valence-corrected chi connectivity index (χ4v) is 4.59. The Hall–Kier alpha value is -3.21. The number of alkyl halides is 2. The first kappa shape index (κ1) is 25.4. The Morgan fingerprint density at radius 1 is 1.22 bits per heavy atom. The number of amides is 2. The number of halogens is 3. The minimum atomic E-state index is -2.72. The Balaban J connectivity index is 1.12. The molecule has 2 aliphatic heterocycles. The van der Waals surface area contributed by atoms with E-state index >= 15 is 0 Å². The quantitative estimate of drug-likeness (QED) is 0.567. The molecule has 3 atom stereocenters. The summed E-state index contributed by atoms with van der Waals surface area (Å²) in [7, 11) is 0. The van der Waals surface area contributed by atoms with E-state index in [1.54, 1.807) is 11.0 Å². The molecule has 3 fully saturated rings. The summed E-state index contributed by atoms with van der Waals surface area (Å²) in [4.78, 5) is 19.9. The molecule has 1 N–H and O–H groups in total. The van der Waals surface area contributed by atoms with Crippen molar-refractivity contribution in [1.29, 1.82) is 0 Å². The highest BCUT2D eigenvalue weighted by molar-refractivity contribution is 5.74. The number of carbonyl (C=O) groups excluding carboxylic acids is 1. The summed E-state index contributed by atoms with van der Waals surface area (Å²) in [5.41, 5.74) is 1.27. The maximum absolute atomic E-state index is 15.0. The van der Waals surface area contributed by atoms with Crippen molar-refractivity contribution in [2.24, 2.45) is 5.92 Å². The number of anilines is 1. The molecule has 11 heteroatoms. The Labute approximate surface area is 213 Å². The van der Waals surface area contributed by atoms with Crippen LogP contribution in [0.3, 0.4) is 0 Å². The van der Waals surface area contributed by atoms with Crippen LogP contribution in [0.15, 0.2) is 36.5 Å². The molecule has 37 heavy (non-hydrogen) atoms. The van der Waals surface area contributed by atoms with Crippen LogP contribution in [0.5, 0.6) is 11.6 Å². The average molecular weight is 521 g/mol. The second kappa shape index (κ2) is 10.6. The van der Waals surface area contributed by atoms with Crippen LogP contribution in [0, 0.1) is 11.7 Å². The zero-order valence-corrected chi connectivity index (χ0v) is 20.7. The molecule has 0 radical (unpaired) electrons. The van der Waals surface area contributed by atoms with Crippen LogP contribution >= 0.6 is 0 Å². The van der Waals surface area contributed by atoms with Crippen molar-refractivity contribution in [2.45, 2.75) is 37.8 Å². The summed E-state index contributed by atoms with van der Waals surface area (Å²) in [6.45, 7) is 5.00. The van der Waals surface area contributed by atoms with Gasteiger partial charge in [0, 0.05) is 38.7 Å². The SMILES string of the molecule is C[C@H](NC(=O)N1CCOCC1)c1ccc(OC2CCN(c3ccnc(OCC4CC4(F)F)c3F)C2)cc1. The lowest BCUT2D eigenvalue weighted by Gasteiger charge is -2.28. The van der Waals surface area contributed by atoms with Gasteiger partial charge in [0.1, 0.15) is 11.9 Å². The largest absolute Gasteiger partial charge is 0.489 e. The molecule has 2 unspecified atom stereocenters. The topological polar surface area (TPSA) is 76.2 Å². The van der Waals surface area contributed by atoms with Crippen LogP contribution in [-0.2, 0) is 4.74 Å². The van der Waals surface area contributed by atoms with Gasteiger partial charge in [-0.15, -0.1) is 0 Å². The number of hydrogen-bond acceptors (Lipinski definition) is 6. The summed E-state index contributed by atoms with van der Waals surface area (Å²) in [6, 6.07) is 8.85. The molecular weight excluding hydrogens is 489 g/mol. The second-order valence-corrected chi connectivity index (χ2v) is 9.74. The van der Waals surface area contributed by atoms with E-state index in [0.29, 0.717) is 57.3 Å². The Morgan fingerprint density at radius 2 is 1.95 bits per heavy atom. The number of urea groups is 1. The number of hydrogen-bond donors (Lipinski definition) is 1. The molecule has 1 aromatic carbocycles. The van der Waals surface area contributed by atoms with Crippen molar-refractivity contribution < 1.29 is 32.2 Å². The van der Waals surface area contributed by atoms with Gasteiger partial charge in [-0.3, -0.25) is 0 Å². The molecule has 2 amide bonds. The van der Waals surface area contributed by atoms with Gasteiger partial charge in [-0.2, -0.15) is 4.39 Å². The number of ether oxygens (including phenoxy) is 3. The molecule has 1 saturated carbocycles. The van der Waals surface area contributed by atoms with Gasteiger partial charge in [0.05, 0.1) is 44.0 Å². The van der Waals surface area contributed by atoms with Crippen LogP contribution in [-0.4, -0.2) is 73.9 Å². The Kier molecular flexibility index (Phi) is 7.32.